The number of halogens is 3. The van der Waals surface area contributed by atoms with Crippen LogP contribution >= 0.6 is 0 Å². The van der Waals surface area contributed by atoms with Gasteiger partial charge >= 0.3 is 6.18 Å². The molecule has 2 aromatic heterocycles. The molecule has 4 rings (SSSR count). The Bertz CT molecular complexity index is 991. The Morgan fingerprint density at radius 1 is 1.00 bits per heavy atom. The molecule has 1 aliphatic carbocycles. The summed E-state index contributed by atoms with van der Waals surface area (Å²) in [6.07, 6.45) is 3.01. The number of nitrogen functional groups attached to an aromatic ring is 1. The van der Waals surface area contributed by atoms with Gasteiger partial charge in [-0.3, -0.25) is 0 Å². The lowest BCUT2D eigenvalue weighted by atomic mass is 9.95. The van der Waals surface area contributed by atoms with Gasteiger partial charge in [0.25, 0.3) is 0 Å². The first-order chi connectivity index (χ1) is 13.7. The van der Waals surface area contributed by atoms with Crippen LogP contribution in [-0.2, 0) is 10.0 Å². The Morgan fingerprint density at radius 2 is 1.62 bits per heavy atom. The number of sulfonamides is 1. The number of aromatic nitrogens is 3. The lowest BCUT2D eigenvalue weighted by molar-refractivity contribution is -0.182. The van der Waals surface area contributed by atoms with Crippen LogP contribution < -0.4 is 5.73 Å². The van der Waals surface area contributed by atoms with Crippen LogP contribution in [0, 0.1) is 5.92 Å². The van der Waals surface area contributed by atoms with Crippen LogP contribution in [0.4, 0.5) is 19.0 Å². The highest BCUT2D eigenvalue weighted by molar-refractivity contribution is 7.89. The highest BCUT2D eigenvalue weighted by Gasteiger charge is 2.44. The molecule has 0 unspecified atom stereocenters. The quantitative estimate of drug-likeness (QED) is 0.803. The lowest BCUT2D eigenvalue weighted by Gasteiger charge is -2.32. The summed E-state index contributed by atoms with van der Waals surface area (Å²) in [6.45, 7) is -0.384. The number of hydrogen-bond acceptors (Lipinski definition) is 5. The fourth-order valence-electron chi connectivity index (χ4n) is 4.53. The standard InChI is InChI=1S/C18H24F3N5O2S/c19-18(20,21)12-6-10-25(11-7-12)29(27,28)15-14-17(24-9-8-23-14)26(16(15)22)13-4-2-1-3-5-13/h8-9,12-13H,1-7,10-11,22H2. The van der Waals surface area contributed by atoms with Crippen molar-refractivity contribution in [1.29, 1.82) is 0 Å². The average molecular weight is 431 g/mol. The molecular weight excluding hydrogens is 407 g/mol. The zero-order valence-corrected chi connectivity index (χ0v) is 16.7. The number of piperidine rings is 1. The molecule has 0 spiro atoms. The van der Waals surface area contributed by atoms with Gasteiger partial charge in [0.1, 0.15) is 11.3 Å². The predicted octanol–water partition coefficient (Wildman–Crippen LogP) is 3.48. The molecule has 7 nitrogen and oxygen atoms in total. The summed E-state index contributed by atoms with van der Waals surface area (Å²) in [5.41, 5.74) is 6.94. The molecule has 2 N–H and O–H groups in total. The molecule has 0 bridgehead atoms. The zero-order chi connectivity index (χ0) is 20.8. The maximum absolute atomic E-state index is 13.4. The number of hydrogen-bond donors (Lipinski definition) is 1. The van der Waals surface area contributed by atoms with Gasteiger partial charge in [0.2, 0.25) is 10.0 Å². The van der Waals surface area contributed by atoms with Crippen LogP contribution in [0.15, 0.2) is 17.3 Å². The van der Waals surface area contributed by atoms with Crippen molar-refractivity contribution in [2.75, 3.05) is 18.8 Å². The van der Waals surface area contributed by atoms with Gasteiger partial charge in [-0.1, -0.05) is 19.3 Å². The molecule has 0 radical (unpaired) electrons. The van der Waals surface area contributed by atoms with Gasteiger partial charge in [0, 0.05) is 31.5 Å². The Balaban J connectivity index is 1.73. The largest absolute Gasteiger partial charge is 0.391 e. The highest BCUT2D eigenvalue weighted by atomic mass is 32.2. The van der Waals surface area contributed by atoms with E-state index in [4.69, 9.17) is 5.73 Å². The number of nitrogens with two attached hydrogens (primary N) is 1. The molecule has 2 aromatic rings. The number of nitrogens with zero attached hydrogens (tertiary/aromatic N) is 4. The van der Waals surface area contributed by atoms with E-state index in [1.807, 2.05) is 0 Å². The van der Waals surface area contributed by atoms with Crippen molar-refractivity contribution in [3.63, 3.8) is 0 Å². The number of fused-ring (bicyclic) bond motifs is 1. The van der Waals surface area contributed by atoms with E-state index in [1.165, 1.54) is 12.4 Å². The van der Waals surface area contributed by atoms with Crippen molar-refractivity contribution in [3.05, 3.63) is 12.4 Å². The molecule has 1 saturated carbocycles. The minimum Gasteiger partial charge on any atom is -0.384 e. The average Bonchev–Trinajstić information content (AvgIpc) is 3.00. The molecule has 160 valence electrons. The molecule has 3 heterocycles. The number of rotatable bonds is 3. The fourth-order valence-corrected chi connectivity index (χ4v) is 6.23. The van der Waals surface area contributed by atoms with Crippen molar-refractivity contribution in [1.82, 2.24) is 18.8 Å². The highest BCUT2D eigenvalue weighted by Crippen LogP contribution is 2.41. The second-order valence-corrected chi connectivity index (χ2v) is 9.70. The molecule has 0 atom stereocenters. The second-order valence-electron chi connectivity index (χ2n) is 7.82. The summed E-state index contributed by atoms with van der Waals surface area (Å²) >= 11 is 0. The third-order valence-corrected chi connectivity index (χ3v) is 8.03. The van der Waals surface area contributed by atoms with E-state index in [-0.39, 0.29) is 48.2 Å². The molecular formula is C18H24F3N5O2S. The van der Waals surface area contributed by atoms with Crippen molar-refractivity contribution in [3.8, 4) is 0 Å². The topological polar surface area (TPSA) is 94.1 Å². The third-order valence-electron chi connectivity index (χ3n) is 6.07. The van der Waals surface area contributed by atoms with Crippen molar-refractivity contribution >= 4 is 27.0 Å². The predicted molar refractivity (Wildman–Crippen MR) is 102 cm³/mol. The van der Waals surface area contributed by atoms with E-state index in [9.17, 15) is 21.6 Å². The summed E-state index contributed by atoms with van der Waals surface area (Å²) in [6, 6.07) is 0.0443. The molecule has 2 aliphatic rings. The summed E-state index contributed by atoms with van der Waals surface area (Å²) in [4.78, 5) is 8.43. The molecule has 0 aromatic carbocycles. The van der Waals surface area contributed by atoms with E-state index in [2.05, 4.69) is 9.97 Å². The normalized spacial score (nSPS) is 21.1. The first-order valence-corrected chi connectivity index (χ1v) is 11.3. The third kappa shape index (κ3) is 3.58. The van der Waals surface area contributed by atoms with Crippen LogP contribution in [0.3, 0.4) is 0 Å². The molecule has 1 aliphatic heterocycles. The van der Waals surface area contributed by atoms with Crippen LogP contribution in [0.25, 0.3) is 11.2 Å². The van der Waals surface area contributed by atoms with Gasteiger partial charge in [0.15, 0.2) is 10.5 Å². The van der Waals surface area contributed by atoms with Gasteiger partial charge in [-0.15, -0.1) is 0 Å². The summed E-state index contributed by atoms with van der Waals surface area (Å²) in [5, 5.41) is 0. The maximum Gasteiger partial charge on any atom is 0.391 e. The molecule has 0 amide bonds. The first kappa shape index (κ1) is 20.4. The van der Waals surface area contributed by atoms with E-state index in [0.717, 1.165) is 36.4 Å². The van der Waals surface area contributed by atoms with Gasteiger partial charge in [-0.2, -0.15) is 17.5 Å². The molecule has 29 heavy (non-hydrogen) atoms. The maximum atomic E-state index is 13.4. The van der Waals surface area contributed by atoms with E-state index < -0.39 is 22.1 Å². The van der Waals surface area contributed by atoms with Crippen LogP contribution in [0.5, 0.6) is 0 Å². The van der Waals surface area contributed by atoms with Crippen LogP contribution in [-0.4, -0.2) is 46.5 Å². The molecule has 11 heteroatoms. The zero-order valence-electron chi connectivity index (χ0n) is 15.9. The van der Waals surface area contributed by atoms with E-state index in [1.54, 1.807) is 4.57 Å². The van der Waals surface area contributed by atoms with Crippen molar-refractivity contribution < 1.29 is 21.6 Å². The number of anilines is 1. The van der Waals surface area contributed by atoms with Gasteiger partial charge in [-0.05, 0) is 25.7 Å². The Kier molecular flexibility index (Phi) is 5.22. The number of alkyl halides is 3. The Labute approximate surface area is 167 Å². The van der Waals surface area contributed by atoms with Crippen molar-refractivity contribution in [2.45, 2.75) is 62.1 Å². The van der Waals surface area contributed by atoms with Gasteiger partial charge in [0.05, 0.1) is 5.92 Å². The summed E-state index contributed by atoms with van der Waals surface area (Å²) in [5.74, 6) is -1.40. The van der Waals surface area contributed by atoms with Gasteiger partial charge in [-0.25, -0.2) is 18.4 Å². The smallest absolute Gasteiger partial charge is 0.384 e. The Morgan fingerprint density at radius 3 is 2.24 bits per heavy atom. The van der Waals surface area contributed by atoms with Crippen LogP contribution in [0.2, 0.25) is 0 Å². The summed E-state index contributed by atoms with van der Waals surface area (Å²) < 4.78 is 68.5. The van der Waals surface area contributed by atoms with E-state index in [0.29, 0.717) is 5.65 Å². The Hall–Kier alpha value is -1.88. The molecule has 1 saturated heterocycles. The molecule has 2 fully saturated rings. The lowest BCUT2D eigenvalue weighted by Crippen LogP contribution is -2.42. The minimum atomic E-state index is -4.31. The monoisotopic (exact) mass is 431 g/mol. The van der Waals surface area contributed by atoms with Gasteiger partial charge < -0.3 is 10.3 Å². The fraction of sp³-hybridized carbons (Fsp3) is 0.667. The van der Waals surface area contributed by atoms with Crippen LogP contribution in [0.1, 0.15) is 51.0 Å². The summed E-state index contributed by atoms with van der Waals surface area (Å²) in [7, 11) is -4.09. The van der Waals surface area contributed by atoms with E-state index >= 15 is 0 Å². The second kappa shape index (κ2) is 7.42. The van der Waals surface area contributed by atoms with Crippen molar-refractivity contribution in [2.24, 2.45) is 5.92 Å². The first-order valence-electron chi connectivity index (χ1n) is 9.88. The SMILES string of the molecule is Nc1c(S(=O)(=O)N2CCC(C(F)(F)F)CC2)c2nccnc2n1C1CCCCC1. The minimum absolute atomic E-state index is 0.0443.